The van der Waals surface area contributed by atoms with Gasteiger partial charge in [-0.1, -0.05) is 25.2 Å². The number of piperidine rings is 1. The molecule has 0 spiro atoms. The highest BCUT2D eigenvalue weighted by molar-refractivity contribution is 7.19. The maximum atomic E-state index is 12.9. The van der Waals surface area contributed by atoms with E-state index in [1.165, 1.54) is 17.8 Å². The van der Waals surface area contributed by atoms with E-state index in [9.17, 15) is 4.79 Å². The summed E-state index contributed by atoms with van der Waals surface area (Å²) in [7, 11) is 0. The molecule has 0 bridgehead atoms. The van der Waals surface area contributed by atoms with Crippen molar-refractivity contribution in [2.45, 2.75) is 58.9 Å². The highest BCUT2D eigenvalue weighted by Gasteiger charge is 2.28. The third-order valence-corrected chi connectivity index (χ3v) is 5.41. The quantitative estimate of drug-likeness (QED) is 0.856. The summed E-state index contributed by atoms with van der Waals surface area (Å²) in [5, 5.41) is 8.47. The van der Waals surface area contributed by atoms with Gasteiger partial charge in [0, 0.05) is 24.2 Å². The van der Waals surface area contributed by atoms with E-state index in [4.69, 9.17) is 0 Å². The van der Waals surface area contributed by atoms with E-state index in [0.29, 0.717) is 12.0 Å². The van der Waals surface area contributed by atoms with Crippen molar-refractivity contribution in [3.8, 4) is 0 Å². The lowest BCUT2D eigenvalue weighted by atomic mass is 10.0. The molecule has 1 aliphatic rings. The molecule has 1 unspecified atom stereocenters. The fourth-order valence-electron chi connectivity index (χ4n) is 3.03. The van der Waals surface area contributed by atoms with E-state index in [1.54, 1.807) is 0 Å². The zero-order chi connectivity index (χ0) is 15.1. The fraction of sp³-hybridized carbons (Fsp3) is 0.667. The van der Waals surface area contributed by atoms with E-state index in [-0.39, 0.29) is 5.91 Å². The minimum Gasteiger partial charge on any atom is -0.335 e. The van der Waals surface area contributed by atoms with Crippen LogP contribution in [0.4, 0.5) is 0 Å². The van der Waals surface area contributed by atoms with Gasteiger partial charge in [-0.3, -0.25) is 9.20 Å². The normalized spacial score (nSPS) is 19.7. The monoisotopic (exact) mass is 306 g/mol. The Balaban J connectivity index is 2.00. The Kier molecular flexibility index (Phi) is 3.73. The van der Waals surface area contributed by atoms with Crippen molar-refractivity contribution < 1.29 is 4.79 Å². The number of rotatable bonds is 2. The van der Waals surface area contributed by atoms with Crippen LogP contribution in [0.25, 0.3) is 4.96 Å². The predicted octanol–water partition coefficient (Wildman–Crippen LogP) is 3.24. The Labute approximate surface area is 129 Å². The van der Waals surface area contributed by atoms with Gasteiger partial charge < -0.3 is 4.90 Å². The lowest BCUT2D eigenvalue weighted by molar-refractivity contribution is 0.0639. The summed E-state index contributed by atoms with van der Waals surface area (Å²) in [4.78, 5) is 16.5. The van der Waals surface area contributed by atoms with Gasteiger partial charge in [0.05, 0.1) is 0 Å². The number of likely N-dealkylation sites (tertiary alicyclic amines) is 1. The maximum absolute atomic E-state index is 12.9. The molecule has 3 rings (SSSR count). The Hall–Kier alpha value is -1.43. The average Bonchev–Trinajstić information content (AvgIpc) is 2.99. The van der Waals surface area contributed by atoms with E-state index in [1.807, 2.05) is 16.2 Å². The van der Waals surface area contributed by atoms with Crippen LogP contribution in [-0.4, -0.2) is 38.0 Å². The molecule has 0 aromatic carbocycles. The Morgan fingerprint density at radius 2 is 2.10 bits per heavy atom. The summed E-state index contributed by atoms with van der Waals surface area (Å²) >= 11 is 1.46. The number of carbonyl (C=O) groups excluding carboxylic acids is 1. The third kappa shape index (κ3) is 2.35. The molecular weight excluding hydrogens is 284 g/mol. The Bertz CT molecular complexity index is 673. The SMILES string of the molecule is Cc1c(C(=O)N2CCCCC2C)sc2nnc(C(C)C)n12. The van der Waals surface area contributed by atoms with Crippen molar-refractivity contribution in [2.75, 3.05) is 6.54 Å². The molecular formula is C15H22N4OS. The molecule has 1 atom stereocenters. The molecule has 21 heavy (non-hydrogen) atoms. The summed E-state index contributed by atoms with van der Waals surface area (Å²) < 4.78 is 2.04. The van der Waals surface area contributed by atoms with E-state index in [2.05, 4.69) is 31.0 Å². The number of hydrogen-bond donors (Lipinski definition) is 0. The number of amides is 1. The van der Waals surface area contributed by atoms with Gasteiger partial charge in [-0.05, 0) is 33.1 Å². The van der Waals surface area contributed by atoms with Crippen LogP contribution in [0.15, 0.2) is 0 Å². The minimum atomic E-state index is 0.157. The number of carbonyl (C=O) groups is 1. The number of thiazole rings is 1. The highest BCUT2D eigenvalue weighted by Crippen LogP contribution is 2.28. The molecule has 3 heterocycles. The molecule has 0 aliphatic carbocycles. The van der Waals surface area contributed by atoms with Crippen LogP contribution in [0.2, 0.25) is 0 Å². The van der Waals surface area contributed by atoms with Gasteiger partial charge in [0.25, 0.3) is 5.91 Å². The second-order valence-electron chi connectivity index (χ2n) is 6.19. The van der Waals surface area contributed by atoms with Gasteiger partial charge in [-0.25, -0.2) is 0 Å². The molecule has 0 N–H and O–H groups in total. The molecule has 2 aromatic heterocycles. The second kappa shape index (κ2) is 5.40. The number of aryl methyl sites for hydroxylation is 1. The molecule has 0 radical (unpaired) electrons. The van der Waals surface area contributed by atoms with Crippen molar-refractivity contribution >= 4 is 22.2 Å². The lowest BCUT2D eigenvalue weighted by Crippen LogP contribution is -2.42. The second-order valence-corrected chi connectivity index (χ2v) is 7.17. The van der Waals surface area contributed by atoms with Crippen molar-refractivity contribution in [1.29, 1.82) is 0 Å². The van der Waals surface area contributed by atoms with Gasteiger partial charge in [0.2, 0.25) is 4.96 Å². The van der Waals surface area contributed by atoms with Crippen molar-refractivity contribution in [3.63, 3.8) is 0 Å². The minimum absolute atomic E-state index is 0.157. The predicted molar refractivity (Wildman–Crippen MR) is 84.0 cm³/mol. The summed E-state index contributed by atoms with van der Waals surface area (Å²) in [6.45, 7) is 9.21. The topological polar surface area (TPSA) is 50.5 Å². The first-order valence-corrected chi connectivity index (χ1v) is 8.47. The van der Waals surface area contributed by atoms with Gasteiger partial charge in [0.1, 0.15) is 10.7 Å². The van der Waals surface area contributed by atoms with Gasteiger partial charge >= 0.3 is 0 Å². The van der Waals surface area contributed by atoms with E-state index in [0.717, 1.165) is 40.7 Å². The summed E-state index contributed by atoms with van der Waals surface area (Å²) in [5.41, 5.74) is 0.978. The molecule has 0 saturated carbocycles. The maximum Gasteiger partial charge on any atom is 0.266 e. The van der Waals surface area contributed by atoms with E-state index < -0.39 is 0 Å². The van der Waals surface area contributed by atoms with E-state index >= 15 is 0 Å². The summed E-state index contributed by atoms with van der Waals surface area (Å²) in [6, 6.07) is 0.336. The molecule has 1 fully saturated rings. The number of aromatic nitrogens is 3. The standard InChI is InChI=1S/C15H22N4OS/c1-9(2)13-16-17-15-19(13)11(4)12(21-15)14(20)18-8-6-5-7-10(18)3/h9-10H,5-8H2,1-4H3. The Morgan fingerprint density at radius 3 is 2.76 bits per heavy atom. The zero-order valence-electron chi connectivity index (χ0n) is 13.1. The highest BCUT2D eigenvalue weighted by atomic mass is 32.1. The summed E-state index contributed by atoms with van der Waals surface area (Å²) in [6.07, 6.45) is 3.43. The van der Waals surface area contributed by atoms with Crippen molar-refractivity contribution in [2.24, 2.45) is 0 Å². The van der Waals surface area contributed by atoms with Crippen LogP contribution in [0.5, 0.6) is 0 Å². The van der Waals surface area contributed by atoms with Gasteiger partial charge in [0.15, 0.2) is 0 Å². The van der Waals surface area contributed by atoms with Crippen molar-refractivity contribution in [3.05, 3.63) is 16.4 Å². The van der Waals surface area contributed by atoms with Crippen LogP contribution < -0.4 is 0 Å². The third-order valence-electron chi connectivity index (χ3n) is 4.29. The molecule has 5 nitrogen and oxygen atoms in total. The molecule has 1 saturated heterocycles. The van der Waals surface area contributed by atoms with Crippen LogP contribution in [0.1, 0.15) is 67.1 Å². The smallest absolute Gasteiger partial charge is 0.266 e. The number of hydrogen-bond acceptors (Lipinski definition) is 4. The van der Waals surface area contributed by atoms with Crippen molar-refractivity contribution in [1.82, 2.24) is 19.5 Å². The fourth-order valence-corrected chi connectivity index (χ4v) is 4.06. The van der Waals surface area contributed by atoms with Crippen LogP contribution >= 0.6 is 11.3 Å². The van der Waals surface area contributed by atoms with Crippen LogP contribution in [-0.2, 0) is 0 Å². The number of fused-ring (bicyclic) bond motifs is 1. The zero-order valence-corrected chi connectivity index (χ0v) is 13.9. The molecule has 114 valence electrons. The number of nitrogens with zero attached hydrogens (tertiary/aromatic N) is 4. The first-order chi connectivity index (χ1) is 10.0. The van der Waals surface area contributed by atoms with Crippen LogP contribution in [0, 0.1) is 6.92 Å². The lowest BCUT2D eigenvalue weighted by Gasteiger charge is -2.33. The Morgan fingerprint density at radius 1 is 1.33 bits per heavy atom. The molecule has 1 aliphatic heterocycles. The average molecular weight is 306 g/mol. The summed E-state index contributed by atoms with van der Waals surface area (Å²) in [5.74, 6) is 1.39. The largest absolute Gasteiger partial charge is 0.335 e. The first-order valence-electron chi connectivity index (χ1n) is 7.66. The van der Waals surface area contributed by atoms with Crippen LogP contribution in [0.3, 0.4) is 0 Å². The van der Waals surface area contributed by atoms with Gasteiger partial charge in [-0.15, -0.1) is 10.2 Å². The van der Waals surface area contributed by atoms with Gasteiger partial charge in [-0.2, -0.15) is 0 Å². The molecule has 2 aromatic rings. The molecule has 6 heteroatoms. The molecule has 1 amide bonds. The first kappa shape index (κ1) is 14.5.